The maximum Gasteiger partial charge on any atom is 0.332 e. The molecule has 0 bridgehead atoms. The number of carbonyl (C=O) groups excluding carboxylic acids is 2. The molecule has 2 heterocycles. The molecular weight excluding hydrogens is 312 g/mol. The summed E-state index contributed by atoms with van der Waals surface area (Å²) in [6.45, 7) is 7.42. The Hall–Kier alpha value is -1.63. The van der Waals surface area contributed by atoms with Crippen LogP contribution in [-0.2, 0) is 19.1 Å². The monoisotopic (exact) mass is 340 g/mol. The molecule has 136 valence electrons. The minimum Gasteiger partial charge on any atom is -0.479 e. The van der Waals surface area contributed by atoms with E-state index in [1.165, 1.54) is 0 Å². The lowest BCUT2D eigenvalue weighted by Crippen LogP contribution is -2.48. The van der Waals surface area contributed by atoms with Gasteiger partial charge in [-0.25, -0.2) is 4.79 Å². The van der Waals surface area contributed by atoms with Crippen molar-refractivity contribution in [1.29, 1.82) is 0 Å². The molecule has 0 spiro atoms. The molecule has 7 nitrogen and oxygen atoms in total. The highest BCUT2D eigenvalue weighted by molar-refractivity contribution is 5.83. The van der Waals surface area contributed by atoms with E-state index in [1.54, 1.807) is 4.90 Å². The van der Waals surface area contributed by atoms with Gasteiger partial charge in [-0.05, 0) is 31.6 Å². The van der Waals surface area contributed by atoms with Crippen LogP contribution in [0.1, 0.15) is 46.5 Å². The summed E-state index contributed by atoms with van der Waals surface area (Å²) in [7, 11) is 0. The number of rotatable bonds is 4. The van der Waals surface area contributed by atoms with Crippen molar-refractivity contribution in [2.45, 2.75) is 58.7 Å². The Bertz CT molecular complexity index is 500. The fourth-order valence-corrected chi connectivity index (χ4v) is 3.14. The molecule has 1 unspecified atom stereocenters. The van der Waals surface area contributed by atoms with Gasteiger partial charge in [0.2, 0.25) is 5.91 Å². The van der Waals surface area contributed by atoms with Crippen LogP contribution in [0.5, 0.6) is 0 Å². The molecular formula is C17H28N2O5. The number of ether oxygens (including phenoxy) is 1. The molecule has 0 aromatic carbocycles. The standard InChI is InChI=1S/C17H28N2O5/c1-17(2,3)16(23)18-9-11-5-4-8-19(10-11)14(20)12-6-7-13(24-12)15(21)22/h11-13H,4-10H2,1-3H3,(H,18,23)(H,21,22)/t11?,12-,13+/m0/s1. The number of nitrogens with one attached hydrogen (secondary N) is 1. The van der Waals surface area contributed by atoms with E-state index in [0.29, 0.717) is 32.5 Å². The number of piperidine rings is 1. The van der Waals surface area contributed by atoms with Gasteiger partial charge in [0.25, 0.3) is 5.91 Å². The van der Waals surface area contributed by atoms with E-state index in [-0.39, 0.29) is 17.7 Å². The lowest BCUT2D eigenvalue weighted by atomic mass is 9.94. The Labute approximate surface area is 142 Å². The third-order valence-corrected chi connectivity index (χ3v) is 4.63. The van der Waals surface area contributed by atoms with Crippen molar-refractivity contribution in [3.05, 3.63) is 0 Å². The third kappa shape index (κ3) is 4.69. The number of hydrogen-bond donors (Lipinski definition) is 2. The van der Waals surface area contributed by atoms with Gasteiger partial charge in [-0.1, -0.05) is 20.8 Å². The third-order valence-electron chi connectivity index (χ3n) is 4.63. The zero-order valence-corrected chi connectivity index (χ0v) is 14.7. The van der Waals surface area contributed by atoms with Crippen LogP contribution in [0.15, 0.2) is 0 Å². The van der Waals surface area contributed by atoms with Crippen LogP contribution in [0.25, 0.3) is 0 Å². The Balaban J connectivity index is 1.83. The highest BCUT2D eigenvalue weighted by Crippen LogP contribution is 2.24. The summed E-state index contributed by atoms with van der Waals surface area (Å²) in [6, 6.07) is 0. The summed E-state index contributed by atoms with van der Waals surface area (Å²) in [6.07, 6.45) is 1.18. The second-order valence-electron chi connectivity index (χ2n) is 7.78. The van der Waals surface area contributed by atoms with Gasteiger partial charge >= 0.3 is 5.97 Å². The maximum absolute atomic E-state index is 12.5. The first-order chi connectivity index (χ1) is 11.2. The van der Waals surface area contributed by atoms with Gasteiger partial charge in [0, 0.05) is 25.0 Å². The molecule has 2 amide bonds. The second-order valence-corrected chi connectivity index (χ2v) is 7.78. The highest BCUT2D eigenvalue weighted by atomic mass is 16.5. The van der Waals surface area contributed by atoms with E-state index in [4.69, 9.17) is 9.84 Å². The quantitative estimate of drug-likeness (QED) is 0.796. The topological polar surface area (TPSA) is 95.9 Å². The van der Waals surface area contributed by atoms with Crippen LogP contribution in [0.3, 0.4) is 0 Å². The van der Waals surface area contributed by atoms with Crippen molar-refractivity contribution in [3.8, 4) is 0 Å². The van der Waals surface area contributed by atoms with Gasteiger partial charge in [-0.15, -0.1) is 0 Å². The number of carbonyl (C=O) groups is 3. The summed E-state index contributed by atoms with van der Waals surface area (Å²) < 4.78 is 5.36. The normalized spacial score (nSPS) is 27.8. The van der Waals surface area contributed by atoms with E-state index >= 15 is 0 Å². The van der Waals surface area contributed by atoms with E-state index in [2.05, 4.69) is 5.32 Å². The maximum atomic E-state index is 12.5. The molecule has 3 atom stereocenters. The van der Waals surface area contributed by atoms with Gasteiger partial charge in [0.15, 0.2) is 6.10 Å². The molecule has 2 N–H and O–H groups in total. The smallest absolute Gasteiger partial charge is 0.332 e. The average Bonchev–Trinajstić information content (AvgIpc) is 3.01. The van der Waals surface area contributed by atoms with Crippen LogP contribution < -0.4 is 5.32 Å². The van der Waals surface area contributed by atoms with Gasteiger partial charge < -0.3 is 20.1 Å². The van der Waals surface area contributed by atoms with Crippen LogP contribution >= 0.6 is 0 Å². The van der Waals surface area contributed by atoms with Crippen molar-refractivity contribution in [2.24, 2.45) is 11.3 Å². The Morgan fingerprint density at radius 2 is 1.83 bits per heavy atom. The largest absolute Gasteiger partial charge is 0.479 e. The van der Waals surface area contributed by atoms with Crippen LogP contribution in [-0.4, -0.2) is 59.6 Å². The highest BCUT2D eigenvalue weighted by Gasteiger charge is 2.38. The molecule has 7 heteroatoms. The number of hydrogen-bond acceptors (Lipinski definition) is 4. The average molecular weight is 340 g/mol. The van der Waals surface area contributed by atoms with Crippen molar-refractivity contribution in [1.82, 2.24) is 10.2 Å². The SMILES string of the molecule is CC(C)(C)C(=O)NCC1CCCN(C(=O)[C@@H]2CC[C@H](C(=O)O)O2)C1. The second kappa shape index (κ2) is 7.51. The van der Waals surface area contributed by atoms with Crippen LogP contribution in [0, 0.1) is 11.3 Å². The lowest BCUT2D eigenvalue weighted by Gasteiger charge is -2.34. The van der Waals surface area contributed by atoms with Crippen LogP contribution in [0.2, 0.25) is 0 Å². The number of carboxylic acid groups (broad SMARTS) is 1. The molecule has 2 saturated heterocycles. The number of nitrogens with zero attached hydrogens (tertiary/aromatic N) is 1. The zero-order valence-electron chi connectivity index (χ0n) is 14.7. The Morgan fingerprint density at radius 1 is 1.17 bits per heavy atom. The predicted octanol–water partition coefficient (Wildman–Crippen LogP) is 1.02. The molecule has 0 aromatic rings. The van der Waals surface area contributed by atoms with E-state index < -0.39 is 23.6 Å². The minimum absolute atomic E-state index is 0.00868. The van der Waals surface area contributed by atoms with Gasteiger partial charge in [0.05, 0.1) is 0 Å². The Kier molecular flexibility index (Phi) is 5.85. The molecule has 2 rings (SSSR count). The first kappa shape index (κ1) is 18.7. The molecule has 0 aromatic heterocycles. The summed E-state index contributed by atoms with van der Waals surface area (Å²) >= 11 is 0. The summed E-state index contributed by atoms with van der Waals surface area (Å²) in [4.78, 5) is 37.2. The lowest BCUT2D eigenvalue weighted by molar-refractivity contribution is -0.155. The first-order valence-corrected chi connectivity index (χ1v) is 8.64. The van der Waals surface area contributed by atoms with Gasteiger partial charge in [-0.2, -0.15) is 0 Å². The number of likely N-dealkylation sites (tertiary alicyclic amines) is 1. The fourth-order valence-electron chi connectivity index (χ4n) is 3.14. The molecule has 2 fully saturated rings. The predicted molar refractivity (Wildman–Crippen MR) is 87.3 cm³/mol. The van der Waals surface area contributed by atoms with Crippen molar-refractivity contribution in [2.75, 3.05) is 19.6 Å². The number of carboxylic acids is 1. The zero-order chi connectivity index (χ0) is 17.9. The molecule has 24 heavy (non-hydrogen) atoms. The summed E-state index contributed by atoms with van der Waals surface area (Å²) in [5, 5.41) is 11.9. The molecule has 2 aliphatic heterocycles. The minimum atomic E-state index is -1.01. The first-order valence-electron chi connectivity index (χ1n) is 8.64. The fraction of sp³-hybridized carbons (Fsp3) is 0.824. The Morgan fingerprint density at radius 3 is 2.42 bits per heavy atom. The molecule has 0 radical (unpaired) electrons. The van der Waals surface area contributed by atoms with Crippen LogP contribution in [0.4, 0.5) is 0 Å². The van der Waals surface area contributed by atoms with E-state index in [9.17, 15) is 14.4 Å². The number of amides is 2. The van der Waals surface area contributed by atoms with Crippen molar-refractivity contribution >= 4 is 17.8 Å². The summed E-state index contributed by atoms with van der Waals surface area (Å²) in [5.74, 6) is -0.891. The van der Waals surface area contributed by atoms with Gasteiger partial charge in [0.1, 0.15) is 6.10 Å². The molecule has 0 saturated carbocycles. The molecule has 2 aliphatic rings. The van der Waals surface area contributed by atoms with Gasteiger partial charge in [-0.3, -0.25) is 9.59 Å². The number of aliphatic carboxylic acids is 1. The van der Waals surface area contributed by atoms with Crippen molar-refractivity contribution in [3.63, 3.8) is 0 Å². The van der Waals surface area contributed by atoms with E-state index in [0.717, 1.165) is 12.8 Å². The summed E-state index contributed by atoms with van der Waals surface area (Å²) in [5.41, 5.74) is -0.423. The van der Waals surface area contributed by atoms with E-state index in [1.807, 2.05) is 20.8 Å². The molecule has 0 aliphatic carbocycles. The van der Waals surface area contributed by atoms with Crippen molar-refractivity contribution < 1.29 is 24.2 Å².